The Kier molecular flexibility index (Phi) is 8.15. The van der Waals surface area contributed by atoms with E-state index in [1.54, 1.807) is 0 Å². The third-order valence-corrected chi connectivity index (χ3v) is 3.72. The lowest BCUT2D eigenvalue weighted by molar-refractivity contribution is -0.434. The van der Waals surface area contributed by atoms with Crippen molar-refractivity contribution in [1.82, 2.24) is 5.32 Å². The van der Waals surface area contributed by atoms with E-state index in [-0.39, 0.29) is 0 Å². The minimum Gasteiger partial charge on any atom is -0.323 e. The smallest absolute Gasteiger partial charge is 0.323 e. The van der Waals surface area contributed by atoms with Crippen LogP contribution in [-0.4, -0.2) is 67.9 Å². The number of nitrogens with one attached hydrogen (secondary N) is 1. The summed E-state index contributed by atoms with van der Waals surface area (Å²) in [5.41, 5.74) is 0. The predicted molar refractivity (Wildman–Crippen MR) is 66.8 cm³/mol. The maximum absolute atomic E-state index is 13.0. The van der Waals surface area contributed by atoms with Crippen molar-refractivity contribution in [2.45, 2.75) is 47.7 Å². The second kappa shape index (κ2) is 7.86. The first-order valence-electron chi connectivity index (χ1n) is 6.37. The van der Waals surface area contributed by atoms with Crippen LogP contribution in [0.2, 0.25) is 0 Å². The highest BCUT2D eigenvalue weighted by Crippen LogP contribution is 2.62. The van der Waals surface area contributed by atoms with Crippen LogP contribution >= 0.6 is 0 Å². The van der Waals surface area contributed by atoms with Crippen molar-refractivity contribution < 1.29 is 74.4 Å². The molecule has 178 valence electrons. The van der Waals surface area contributed by atoms with Crippen LogP contribution in [0.4, 0.5) is 61.5 Å². The van der Waals surface area contributed by atoms with Gasteiger partial charge in [0, 0.05) is 6.92 Å². The summed E-state index contributed by atoms with van der Waals surface area (Å²) >= 11 is 0. The minimum atomic E-state index is -8.38. The number of hydrogen-bond acceptors (Lipinski definition) is 3. The Hall–Kier alpha value is -1.11. The Bertz CT molecular complexity index is 670. The van der Waals surface area contributed by atoms with Crippen LogP contribution in [0.3, 0.4) is 0 Å². The zero-order valence-corrected chi connectivity index (χ0v) is 14.8. The third kappa shape index (κ3) is 4.35. The van der Waals surface area contributed by atoms with E-state index in [0.29, 0.717) is 0 Å². The number of hydrogen-bond donors (Lipinski definition) is 2. The van der Waals surface area contributed by atoms with E-state index in [1.807, 2.05) is 14.1 Å². The van der Waals surface area contributed by atoms with Gasteiger partial charge in [0.15, 0.2) is 0 Å². The molecule has 0 atom stereocenters. The fourth-order valence-corrected chi connectivity index (χ4v) is 1.66. The molecule has 29 heavy (non-hydrogen) atoms. The van der Waals surface area contributed by atoms with Gasteiger partial charge in [-0.2, -0.15) is 69.9 Å². The summed E-state index contributed by atoms with van der Waals surface area (Å²) in [7, 11) is -3.94. The van der Waals surface area contributed by atoms with Crippen LogP contribution in [0.1, 0.15) is 6.92 Å². The van der Waals surface area contributed by atoms with Crippen molar-refractivity contribution in [3.8, 4) is 0 Å². The van der Waals surface area contributed by atoms with Gasteiger partial charge in [0.2, 0.25) is 0 Å². The Labute approximate surface area is 153 Å². The third-order valence-electron chi connectivity index (χ3n) is 2.82. The van der Waals surface area contributed by atoms with E-state index in [2.05, 4.69) is 5.32 Å². The summed E-state index contributed by atoms with van der Waals surface area (Å²) in [6, 6.07) is 0. The topological polar surface area (TPSA) is 66.4 Å². The van der Waals surface area contributed by atoms with Gasteiger partial charge in [0.05, 0.1) is 0 Å². The monoisotopic (exact) mass is 491 g/mol. The highest BCUT2D eigenvalue weighted by atomic mass is 32.2. The van der Waals surface area contributed by atoms with E-state index < -0.39 is 57.8 Å². The summed E-state index contributed by atoms with van der Waals surface area (Å²) in [5.74, 6) is -46.7. The van der Waals surface area contributed by atoms with Crippen molar-refractivity contribution in [1.29, 1.82) is 0 Å². The molecule has 2 N–H and O–H groups in total. The van der Waals surface area contributed by atoms with Crippen molar-refractivity contribution in [3.63, 3.8) is 0 Å². The average molecular weight is 491 g/mol. The van der Waals surface area contributed by atoms with Crippen LogP contribution in [0.5, 0.6) is 0 Å². The second-order valence-corrected chi connectivity index (χ2v) is 6.72. The van der Waals surface area contributed by atoms with Gasteiger partial charge in [-0.3, -0.25) is 4.55 Å². The Balaban J connectivity index is 0. The van der Waals surface area contributed by atoms with Gasteiger partial charge in [-0.05, 0) is 14.1 Å². The molecule has 19 heteroatoms. The molecule has 0 aromatic heterocycles. The standard InChI is InChI=1S/C8H4F14O3S.C2H7N/c1-2(9,10)3(11,12)4(13,14)5(15,16)6(17,18)7(19,20)8(21,22)26(23,24)25;1-3-2/h1H3,(H,23,24,25);3H,1-2H3. The molecule has 0 fully saturated rings. The van der Waals surface area contributed by atoms with Gasteiger partial charge in [-0.1, -0.05) is 0 Å². The average Bonchev–Trinajstić information content (AvgIpc) is 2.44. The van der Waals surface area contributed by atoms with Crippen LogP contribution in [-0.2, 0) is 10.1 Å². The van der Waals surface area contributed by atoms with Gasteiger partial charge in [0.1, 0.15) is 0 Å². The number of rotatable bonds is 7. The lowest BCUT2D eigenvalue weighted by atomic mass is 9.92. The highest BCUT2D eigenvalue weighted by molar-refractivity contribution is 7.87. The Morgan fingerprint density at radius 1 is 0.586 bits per heavy atom. The van der Waals surface area contributed by atoms with Gasteiger partial charge in [-0.15, -0.1) is 0 Å². The Morgan fingerprint density at radius 3 is 1.00 bits per heavy atom. The molecule has 0 aliphatic heterocycles. The molecule has 0 heterocycles. The molecule has 0 unspecified atom stereocenters. The van der Waals surface area contributed by atoms with Crippen LogP contribution < -0.4 is 5.32 Å². The molecule has 0 bridgehead atoms. The molecule has 0 aliphatic carbocycles. The van der Waals surface area contributed by atoms with E-state index in [4.69, 9.17) is 4.55 Å². The molecule has 0 amide bonds. The van der Waals surface area contributed by atoms with Crippen molar-refractivity contribution in [3.05, 3.63) is 0 Å². The van der Waals surface area contributed by atoms with Gasteiger partial charge < -0.3 is 5.32 Å². The molecule has 0 saturated carbocycles. The lowest BCUT2D eigenvalue weighted by Crippen LogP contribution is -2.73. The van der Waals surface area contributed by atoms with Crippen LogP contribution in [0, 0.1) is 0 Å². The molecule has 4 nitrogen and oxygen atoms in total. The summed E-state index contributed by atoms with van der Waals surface area (Å²) in [6.45, 7) is -1.21. The quantitative estimate of drug-likeness (QED) is 0.416. The second-order valence-electron chi connectivity index (χ2n) is 5.25. The summed E-state index contributed by atoms with van der Waals surface area (Å²) in [5, 5.41) is -4.85. The maximum atomic E-state index is 13.0. The summed E-state index contributed by atoms with van der Waals surface area (Å²) in [4.78, 5) is 0. The molecule has 0 rings (SSSR count). The number of alkyl halides is 14. The highest BCUT2D eigenvalue weighted by Gasteiger charge is 2.93. The minimum absolute atomic E-state index is 1.21. The zero-order valence-electron chi connectivity index (χ0n) is 14.0. The molecule has 0 saturated heterocycles. The van der Waals surface area contributed by atoms with Gasteiger partial charge in [0.25, 0.3) is 0 Å². The normalized spacial score (nSPS) is 15.7. The number of halogens is 14. The molecular formula is C10H11F14NO3S. The summed E-state index contributed by atoms with van der Waals surface area (Å²) in [6.07, 6.45) is 0. The fourth-order valence-electron chi connectivity index (χ4n) is 1.21. The molecular weight excluding hydrogens is 480 g/mol. The van der Waals surface area contributed by atoms with Crippen molar-refractivity contribution in [2.24, 2.45) is 0 Å². The van der Waals surface area contributed by atoms with Crippen molar-refractivity contribution in [2.75, 3.05) is 14.1 Å². The molecule has 0 aromatic carbocycles. The molecule has 0 spiro atoms. The van der Waals surface area contributed by atoms with E-state index in [0.717, 1.165) is 0 Å². The van der Waals surface area contributed by atoms with E-state index in [1.165, 1.54) is 0 Å². The predicted octanol–water partition coefficient (Wildman–Crippen LogP) is 4.13. The van der Waals surface area contributed by atoms with Crippen LogP contribution in [0.25, 0.3) is 0 Å². The largest absolute Gasteiger partial charge is 0.438 e. The maximum Gasteiger partial charge on any atom is 0.438 e. The Morgan fingerprint density at radius 2 is 0.793 bits per heavy atom. The lowest BCUT2D eigenvalue weighted by Gasteiger charge is -2.41. The molecule has 0 aliphatic rings. The first kappa shape index (κ1) is 30.1. The first-order valence-corrected chi connectivity index (χ1v) is 7.81. The van der Waals surface area contributed by atoms with Crippen LogP contribution in [0.15, 0.2) is 0 Å². The SMILES string of the molecule is CC(F)(F)C(F)(F)C(F)(F)C(F)(F)C(F)(F)C(F)(F)C(F)(F)S(=O)(=O)O.CNC. The first-order chi connectivity index (χ1) is 12.2. The molecule has 0 radical (unpaired) electrons. The van der Waals surface area contributed by atoms with Gasteiger partial charge >= 0.3 is 50.9 Å². The zero-order chi connectivity index (χ0) is 24.7. The van der Waals surface area contributed by atoms with E-state index >= 15 is 0 Å². The fraction of sp³-hybridized carbons (Fsp3) is 1.00. The molecule has 0 aromatic rings. The summed E-state index contributed by atoms with van der Waals surface area (Å²) < 4.78 is 207. The van der Waals surface area contributed by atoms with Crippen molar-refractivity contribution >= 4 is 10.1 Å². The van der Waals surface area contributed by atoms with Gasteiger partial charge in [-0.25, -0.2) is 0 Å². The van der Waals surface area contributed by atoms with E-state index in [9.17, 15) is 69.9 Å².